The molecule has 2 heterocycles. The number of rotatable bonds is 4. The van der Waals surface area contributed by atoms with Gasteiger partial charge in [-0.15, -0.1) is 0 Å². The molecule has 148 valence electrons. The normalized spacial score (nSPS) is 16.7. The number of hydrogen-bond acceptors (Lipinski definition) is 7. The molecule has 0 aliphatic carbocycles. The van der Waals surface area contributed by atoms with E-state index in [1.165, 1.54) is 4.90 Å². The van der Waals surface area contributed by atoms with Gasteiger partial charge in [-0.2, -0.15) is 0 Å². The molecule has 0 fully saturated rings. The molecule has 1 aromatic carbocycles. The van der Waals surface area contributed by atoms with Crippen molar-refractivity contribution in [1.82, 2.24) is 0 Å². The summed E-state index contributed by atoms with van der Waals surface area (Å²) in [5.41, 5.74) is 0.955. The zero-order chi connectivity index (χ0) is 20.5. The summed E-state index contributed by atoms with van der Waals surface area (Å²) in [6.07, 6.45) is 0.0737. The van der Waals surface area contributed by atoms with Crippen molar-refractivity contribution in [3.8, 4) is 0 Å². The molecule has 11 heteroatoms. The summed E-state index contributed by atoms with van der Waals surface area (Å²) in [6.45, 7) is 1.07. The van der Waals surface area contributed by atoms with Gasteiger partial charge in [0.05, 0.1) is 11.4 Å². The Kier molecular flexibility index (Phi) is 5.21. The number of nitrogens with two attached hydrogens (primary N) is 1. The summed E-state index contributed by atoms with van der Waals surface area (Å²) in [4.78, 5) is 38.1. The second kappa shape index (κ2) is 7.44. The van der Waals surface area contributed by atoms with Crippen LogP contribution in [0, 0.1) is 0 Å². The lowest BCUT2D eigenvalue weighted by molar-refractivity contribution is -0.122. The lowest BCUT2D eigenvalue weighted by atomic mass is 10.1. The zero-order valence-corrected chi connectivity index (χ0v) is 15.6. The van der Waals surface area contributed by atoms with E-state index in [0.29, 0.717) is 11.4 Å². The maximum Gasteiger partial charge on any atom is 0.374 e. The Balaban J connectivity index is 1.74. The molecular weight excluding hydrogens is 390 g/mol. The summed E-state index contributed by atoms with van der Waals surface area (Å²) in [5.74, 6) is -2.22. The fourth-order valence-corrected chi connectivity index (χ4v) is 3.28. The van der Waals surface area contributed by atoms with E-state index in [1.807, 2.05) is 0 Å². The maximum atomic E-state index is 12.7. The number of amides is 2. The Labute approximate surface area is 160 Å². The van der Waals surface area contributed by atoms with Crippen LogP contribution in [0.3, 0.4) is 0 Å². The molecular formula is C17H17N3O7S. The quantitative estimate of drug-likeness (QED) is 0.713. The molecule has 3 rings (SSSR count). The molecule has 0 saturated carbocycles. The minimum atomic E-state index is -4.10. The first-order chi connectivity index (χ1) is 13.2. The Morgan fingerprint density at radius 2 is 2.00 bits per heavy atom. The molecule has 2 aromatic rings. The molecule has 2 amide bonds. The third-order valence-electron chi connectivity index (χ3n) is 4.02. The van der Waals surface area contributed by atoms with Crippen molar-refractivity contribution in [3.05, 3.63) is 42.2 Å². The van der Waals surface area contributed by atoms with Crippen molar-refractivity contribution >= 4 is 39.2 Å². The van der Waals surface area contributed by atoms with Crippen LogP contribution in [0.2, 0.25) is 0 Å². The van der Waals surface area contributed by atoms with Crippen molar-refractivity contribution in [2.24, 2.45) is 5.14 Å². The molecule has 1 atom stereocenters. The molecule has 1 aromatic heterocycles. The van der Waals surface area contributed by atoms with Crippen LogP contribution in [0.15, 0.2) is 45.9 Å². The number of furan rings is 1. The smallest absolute Gasteiger partial charge is 0.374 e. The van der Waals surface area contributed by atoms with Crippen LogP contribution in [-0.2, 0) is 24.3 Å². The number of hydrogen-bond donors (Lipinski definition) is 2. The summed E-state index contributed by atoms with van der Waals surface area (Å²) in [6, 6.07) is 8.39. The molecule has 3 N–H and O–H groups in total. The van der Waals surface area contributed by atoms with Crippen molar-refractivity contribution in [3.63, 3.8) is 0 Å². The number of esters is 1. The van der Waals surface area contributed by atoms with Crippen LogP contribution in [0.5, 0.6) is 0 Å². The third-order valence-corrected chi connectivity index (χ3v) is 4.80. The first kappa shape index (κ1) is 19.6. The standard InChI is InChI=1S/C17H17N3O7S/c1-10-8-14(21)19-11-4-2-3-5-12(11)20(10)15(22)9-26-17(23)13-6-7-16(27-13)28(18,24)25/h2-7,10H,8-9H2,1H3,(H,19,21)(H2,18,24,25). The van der Waals surface area contributed by atoms with Gasteiger partial charge in [-0.25, -0.2) is 18.4 Å². The highest BCUT2D eigenvalue weighted by molar-refractivity contribution is 7.89. The first-order valence-corrected chi connectivity index (χ1v) is 9.72. The fraction of sp³-hybridized carbons (Fsp3) is 0.235. The first-order valence-electron chi connectivity index (χ1n) is 8.17. The van der Waals surface area contributed by atoms with Gasteiger partial charge in [-0.3, -0.25) is 9.59 Å². The Bertz CT molecular complexity index is 1040. The predicted octanol–water partition coefficient (Wildman–Crippen LogP) is 0.848. The number of anilines is 2. The third kappa shape index (κ3) is 4.05. The SMILES string of the molecule is CC1CC(=O)Nc2ccccc2N1C(=O)COC(=O)c1ccc(S(N)(=O)=O)o1. The van der Waals surface area contributed by atoms with E-state index < -0.39 is 45.4 Å². The number of ether oxygens (including phenoxy) is 1. The molecule has 1 aliphatic rings. The second-order valence-corrected chi connectivity index (χ2v) is 7.61. The number of nitrogens with one attached hydrogen (secondary N) is 1. The summed E-state index contributed by atoms with van der Waals surface area (Å²) in [7, 11) is -4.10. The van der Waals surface area contributed by atoms with Gasteiger partial charge < -0.3 is 19.4 Å². The van der Waals surface area contributed by atoms with Crippen molar-refractivity contribution in [1.29, 1.82) is 0 Å². The van der Waals surface area contributed by atoms with Gasteiger partial charge in [0.25, 0.3) is 15.9 Å². The summed E-state index contributed by atoms with van der Waals surface area (Å²) in [5, 5.41) is 7.04. The number of primary sulfonamides is 1. The topological polar surface area (TPSA) is 149 Å². The Morgan fingerprint density at radius 3 is 2.68 bits per heavy atom. The summed E-state index contributed by atoms with van der Waals surface area (Å²) < 4.78 is 32.1. The highest BCUT2D eigenvalue weighted by Crippen LogP contribution is 2.31. The van der Waals surface area contributed by atoms with Crippen LogP contribution in [0.1, 0.15) is 23.9 Å². The van der Waals surface area contributed by atoms with E-state index in [1.54, 1.807) is 31.2 Å². The largest absolute Gasteiger partial charge is 0.450 e. The van der Waals surface area contributed by atoms with Gasteiger partial charge in [0.2, 0.25) is 16.8 Å². The molecule has 1 unspecified atom stereocenters. The van der Waals surface area contributed by atoms with Gasteiger partial charge in [-0.05, 0) is 31.2 Å². The van der Waals surface area contributed by atoms with E-state index in [9.17, 15) is 22.8 Å². The lowest BCUT2D eigenvalue weighted by Gasteiger charge is -2.27. The van der Waals surface area contributed by atoms with Crippen LogP contribution in [0.25, 0.3) is 0 Å². The maximum absolute atomic E-state index is 12.7. The van der Waals surface area contributed by atoms with E-state index in [4.69, 9.17) is 14.3 Å². The fourth-order valence-electron chi connectivity index (χ4n) is 2.82. The predicted molar refractivity (Wildman–Crippen MR) is 97.0 cm³/mol. The molecule has 28 heavy (non-hydrogen) atoms. The monoisotopic (exact) mass is 407 g/mol. The number of sulfonamides is 1. The highest BCUT2D eigenvalue weighted by atomic mass is 32.2. The Morgan fingerprint density at radius 1 is 1.29 bits per heavy atom. The van der Waals surface area contributed by atoms with Gasteiger partial charge >= 0.3 is 5.97 Å². The lowest BCUT2D eigenvalue weighted by Crippen LogP contribution is -2.41. The molecule has 1 aliphatic heterocycles. The minimum absolute atomic E-state index is 0.0737. The van der Waals surface area contributed by atoms with Crippen LogP contribution >= 0.6 is 0 Å². The van der Waals surface area contributed by atoms with E-state index >= 15 is 0 Å². The summed E-state index contributed by atoms with van der Waals surface area (Å²) >= 11 is 0. The van der Waals surface area contributed by atoms with Crippen LogP contribution < -0.4 is 15.4 Å². The average molecular weight is 407 g/mol. The number of carbonyl (C=O) groups is 3. The molecule has 10 nitrogen and oxygen atoms in total. The second-order valence-electron chi connectivity index (χ2n) is 6.12. The number of carbonyl (C=O) groups excluding carboxylic acids is 3. The minimum Gasteiger partial charge on any atom is -0.450 e. The number of nitrogens with zero attached hydrogens (tertiary/aromatic N) is 1. The number of para-hydroxylation sites is 2. The van der Waals surface area contributed by atoms with E-state index in [2.05, 4.69) is 5.32 Å². The van der Waals surface area contributed by atoms with Crippen molar-refractivity contribution in [2.75, 3.05) is 16.8 Å². The molecule has 0 spiro atoms. The number of benzene rings is 1. The van der Waals surface area contributed by atoms with Gasteiger partial charge in [-0.1, -0.05) is 12.1 Å². The zero-order valence-electron chi connectivity index (χ0n) is 14.7. The molecule has 0 bridgehead atoms. The molecule has 0 radical (unpaired) electrons. The van der Waals surface area contributed by atoms with E-state index in [-0.39, 0.29) is 12.3 Å². The van der Waals surface area contributed by atoms with Gasteiger partial charge in [0, 0.05) is 12.5 Å². The van der Waals surface area contributed by atoms with Gasteiger partial charge in [0.1, 0.15) is 0 Å². The average Bonchev–Trinajstić information content (AvgIpc) is 3.07. The Hall–Kier alpha value is -3.18. The molecule has 0 saturated heterocycles. The van der Waals surface area contributed by atoms with Crippen LogP contribution in [0.4, 0.5) is 11.4 Å². The van der Waals surface area contributed by atoms with E-state index in [0.717, 1.165) is 12.1 Å². The highest BCUT2D eigenvalue weighted by Gasteiger charge is 2.30. The van der Waals surface area contributed by atoms with Crippen LogP contribution in [-0.4, -0.2) is 38.9 Å². The van der Waals surface area contributed by atoms with Crippen molar-refractivity contribution < 1.29 is 32.0 Å². The van der Waals surface area contributed by atoms with Gasteiger partial charge in [0.15, 0.2) is 6.61 Å². The van der Waals surface area contributed by atoms with Crippen molar-refractivity contribution in [2.45, 2.75) is 24.5 Å². The number of fused-ring (bicyclic) bond motifs is 1.